The van der Waals surface area contributed by atoms with Gasteiger partial charge in [-0.05, 0) is 38.1 Å². The number of aryl methyl sites for hydroxylation is 1. The molecule has 2 heterocycles. The molecule has 1 atom stereocenters. The van der Waals surface area contributed by atoms with Crippen LogP contribution in [0.3, 0.4) is 0 Å². The van der Waals surface area contributed by atoms with Gasteiger partial charge in [-0.1, -0.05) is 17.7 Å². The first-order chi connectivity index (χ1) is 10.5. The molecular formula is C16H17ClN4O. The molecule has 2 aromatic heterocycles. The molecule has 6 heteroatoms. The summed E-state index contributed by atoms with van der Waals surface area (Å²) in [5.74, 6) is -0.132. The van der Waals surface area contributed by atoms with E-state index in [1.54, 1.807) is 0 Å². The van der Waals surface area contributed by atoms with Gasteiger partial charge in [-0.2, -0.15) is 5.10 Å². The monoisotopic (exact) mass is 316 g/mol. The largest absolute Gasteiger partial charge is 0.350 e. The van der Waals surface area contributed by atoms with Gasteiger partial charge in [0, 0.05) is 34.1 Å². The molecule has 0 fully saturated rings. The second-order valence-corrected chi connectivity index (χ2v) is 5.97. The lowest BCUT2D eigenvalue weighted by atomic mass is 10.1. The van der Waals surface area contributed by atoms with Crippen molar-refractivity contribution in [1.29, 1.82) is 0 Å². The van der Waals surface area contributed by atoms with Crippen molar-refractivity contribution in [1.82, 2.24) is 20.5 Å². The van der Waals surface area contributed by atoms with Crippen molar-refractivity contribution in [3.63, 3.8) is 0 Å². The highest BCUT2D eigenvalue weighted by atomic mass is 35.5. The number of carbonyl (C=O) groups is 1. The molecule has 1 amide bonds. The van der Waals surface area contributed by atoms with Crippen LogP contribution in [0.15, 0.2) is 30.3 Å². The molecule has 0 radical (unpaired) electrons. The fourth-order valence-electron chi connectivity index (χ4n) is 2.47. The minimum absolute atomic E-state index is 0.00907. The molecule has 0 aliphatic rings. The van der Waals surface area contributed by atoms with Crippen molar-refractivity contribution < 1.29 is 4.79 Å². The number of halogens is 1. The van der Waals surface area contributed by atoms with Crippen LogP contribution in [0.5, 0.6) is 0 Å². The lowest BCUT2D eigenvalue weighted by Gasteiger charge is -2.11. The number of aromatic nitrogens is 3. The first-order valence-electron chi connectivity index (χ1n) is 7.11. The number of amides is 1. The van der Waals surface area contributed by atoms with Gasteiger partial charge in [0.2, 0.25) is 0 Å². The molecule has 0 aliphatic heterocycles. The van der Waals surface area contributed by atoms with Crippen molar-refractivity contribution in [2.45, 2.75) is 26.3 Å². The number of carbonyl (C=O) groups excluding carboxylic acids is 1. The predicted molar refractivity (Wildman–Crippen MR) is 87.3 cm³/mol. The van der Waals surface area contributed by atoms with Crippen LogP contribution in [0.1, 0.15) is 28.8 Å². The maximum absolute atomic E-state index is 12.3. The maximum Gasteiger partial charge on any atom is 0.267 e. The SMILES string of the molecule is Cc1cc(CC(C)NC(=O)c2cc3ccc(Cl)cc3[nH]2)n[nH]1. The number of hydrogen-bond acceptors (Lipinski definition) is 2. The summed E-state index contributed by atoms with van der Waals surface area (Å²) < 4.78 is 0. The van der Waals surface area contributed by atoms with Crippen molar-refractivity contribution in [3.8, 4) is 0 Å². The summed E-state index contributed by atoms with van der Waals surface area (Å²) in [5.41, 5.74) is 3.34. The number of rotatable bonds is 4. The molecule has 0 aliphatic carbocycles. The highest BCUT2D eigenvalue weighted by Crippen LogP contribution is 2.20. The van der Waals surface area contributed by atoms with Crippen LogP contribution in [-0.2, 0) is 6.42 Å². The average Bonchev–Trinajstić information content (AvgIpc) is 3.04. The van der Waals surface area contributed by atoms with E-state index in [0.29, 0.717) is 17.1 Å². The van der Waals surface area contributed by atoms with Crippen molar-refractivity contribution in [2.24, 2.45) is 0 Å². The third-order valence-corrected chi connectivity index (χ3v) is 3.72. The van der Waals surface area contributed by atoms with E-state index in [0.717, 1.165) is 22.3 Å². The number of hydrogen-bond donors (Lipinski definition) is 3. The molecule has 0 saturated carbocycles. The summed E-state index contributed by atoms with van der Waals surface area (Å²) in [6.45, 7) is 3.91. The summed E-state index contributed by atoms with van der Waals surface area (Å²) in [6, 6.07) is 9.30. The number of benzene rings is 1. The molecule has 5 nitrogen and oxygen atoms in total. The van der Waals surface area contributed by atoms with Crippen LogP contribution >= 0.6 is 11.6 Å². The minimum Gasteiger partial charge on any atom is -0.350 e. The third-order valence-electron chi connectivity index (χ3n) is 3.48. The fraction of sp³-hybridized carbons (Fsp3) is 0.250. The molecule has 0 saturated heterocycles. The quantitative estimate of drug-likeness (QED) is 0.691. The molecule has 3 N–H and O–H groups in total. The van der Waals surface area contributed by atoms with Crippen LogP contribution < -0.4 is 5.32 Å². The fourth-order valence-corrected chi connectivity index (χ4v) is 2.64. The molecule has 0 bridgehead atoms. The van der Waals surface area contributed by atoms with Gasteiger partial charge in [0.25, 0.3) is 5.91 Å². The normalized spacial score (nSPS) is 12.5. The molecule has 1 aromatic carbocycles. The summed E-state index contributed by atoms with van der Waals surface area (Å²) >= 11 is 5.95. The van der Waals surface area contributed by atoms with Gasteiger partial charge in [0.1, 0.15) is 5.69 Å². The zero-order chi connectivity index (χ0) is 15.7. The smallest absolute Gasteiger partial charge is 0.267 e. The van der Waals surface area contributed by atoms with Gasteiger partial charge in [-0.3, -0.25) is 9.89 Å². The van der Waals surface area contributed by atoms with E-state index in [9.17, 15) is 4.79 Å². The van der Waals surface area contributed by atoms with Crippen LogP contribution in [0.25, 0.3) is 10.9 Å². The highest BCUT2D eigenvalue weighted by molar-refractivity contribution is 6.31. The van der Waals surface area contributed by atoms with E-state index in [-0.39, 0.29) is 11.9 Å². The Balaban J connectivity index is 1.69. The summed E-state index contributed by atoms with van der Waals surface area (Å²) in [6.07, 6.45) is 0.683. The summed E-state index contributed by atoms with van der Waals surface area (Å²) in [5, 5.41) is 11.7. The third kappa shape index (κ3) is 3.14. The van der Waals surface area contributed by atoms with Gasteiger partial charge in [-0.25, -0.2) is 0 Å². The highest BCUT2D eigenvalue weighted by Gasteiger charge is 2.14. The van der Waals surface area contributed by atoms with E-state index in [1.165, 1.54) is 0 Å². The number of aromatic amines is 2. The van der Waals surface area contributed by atoms with Gasteiger partial charge < -0.3 is 10.3 Å². The predicted octanol–water partition coefficient (Wildman–Crippen LogP) is 3.21. The Hall–Kier alpha value is -2.27. The Morgan fingerprint density at radius 2 is 2.18 bits per heavy atom. The number of nitrogens with zero attached hydrogens (tertiary/aromatic N) is 1. The molecule has 114 valence electrons. The minimum atomic E-state index is -0.132. The maximum atomic E-state index is 12.3. The van der Waals surface area contributed by atoms with E-state index in [4.69, 9.17) is 11.6 Å². The summed E-state index contributed by atoms with van der Waals surface area (Å²) in [7, 11) is 0. The molecule has 1 unspecified atom stereocenters. The molecule has 22 heavy (non-hydrogen) atoms. The Kier molecular flexibility index (Phi) is 3.90. The Morgan fingerprint density at radius 3 is 2.91 bits per heavy atom. The van der Waals surface area contributed by atoms with Crippen LogP contribution in [-0.4, -0.2) is 27.1 Å². The van der Waals surface area contributed by atoms with Gasteiger partial charge in [0.15, 0.2) is 0 Å². The van der Waals surface area contributed by atoms with Crippen LogP contribution in [0.4, 0.5) is 0 Å². The second-order valence-electron chi connectivity index (χ2n) is 5.54. The first-order valence-corrected chi connectivity index (χ1v) is 7.49. The van der Waals surface area contributed by atoms with Gasteiger partial charge >= 0.3 is 0 Å². The average molecular weight is 317 g/mol. The standard InChI is InChI=1S/C16H17ClN4O/c1-9(5-13-6-10(2)20-21-13)18-16(22)15-7-11-3-4-12(17)8-14(11)19-15/h3-4,6-9,19H,5H2,1-2H3,(H,18,22)(H,20,21). The molecular weight excluding hydrogens is 300 g/mol. The zero-order valence-corrected chi connectivity index (χ0v) is 13.2. The van der Waals surface area contributed by atoms with Gasteiger partial charge in [0.05, 0.1) is 5.69 Å². The molecule has 3 rings (SSSR count). The van der Waals surface area contributed by atoms with Crippen LogP contribution in [0, 0.1) is 6.92 Å². The molecule has 3 aromatic rings. The Labute approximate surface area is 133 Å². The summed E-state index contributed by atoms with van der Waals surface area (Å²) in [4.78, 5) is 15.4. The Morgan fingerprint density at radius 1 is 1.36 bits per heavy atom. The number of fused-ring (bicyclic) bond motifs is 1. The second kappa shape index (κ2) is 5.85. The van der Waals surface area contributed by atoms with E-state index in [1.807, 2.05) is 44.2 Å². The number of nitrogens with one attached hydrogen (secondary N) is 3. The van der Waals surface area contributed by atoms with E-state index in [2.05, 4.69) is 20.5 Å². The first kappa shape index (κ1) is 14.7. The van der Waals surface area contributed by atoms with Crippen molar-refractivity contribution in [3.05, 3.63) is 52.4 Å². The lowest BCUT2D eigenvalue weighted by Crippen LogP contribution is -2.34. The lowest BCUT2D eigenvalue weighted by molar-refractivity contribution is 0.0936. The topological polar surface area (TPSA) is 73.6 Å². The van der Waals surface area contributed by atoms with Crippen molar-refractivity contribution in [2.75, 3.05) is 0 Å². The van der Waals surface area contributed by atoms with Crippen molar-refractivity contribution >= 4 is 28.4 Å². The van der Waals surface area contributed by atoms with Gasteiger partial charge in [-0.15, -0.1) is 0 Å². The van der Waals surface area contributed by atoms with E-state index >= 15 is 0 Å². The Bertz CT molecular complexity index is 821. The number of H-pyrrole nitrogens is 2. The molecule has 0 spiro atoms. The van der Waals surface area contributed by atoms with Crippen LogP contribution in [0.2, 0.25) is 5.02 Å². The zero-order valence-electron chi connectivity index (χ0n) is 12.4. The van der Waals surface area contributed by atoms with E-state index < -0.39 is 0 Å².